The first kappa shape index (κ1) is 10.9. The lowest BCUT2D eigenvalue weighted by molar-refractivity contribution is 0.186. The second-order valence-corrected chi connectivity index (χ2v) is 3.24. The van der Waals surface area contributed by atoms with Gasteiger partial charge >= 0.3 is 0 Å². The van der Waals surface area contributed by atoms with Crippen LogP contribution >= 0.6 is 0 Å². The Balaban J connectivity index is 2.96. The lowest BCUT2D eigenvalue weighted by atomic mass is 10.1. The van der Waals surface area contributed by atoms with Gasteiger partial charge in [0.05, 0.1) is 6.61 Å². The van der Waals surface area contributed by atoms with Crippen molar-refractivity contribution in [2.45, 2.75) is 19.5 Å². The molecule has 78 valence electrons. The average Bonchev–Trinajstić information content (AvgIpc) is 2.16. The van der Waals surface area contributed by atoms with E-state index in [0.29, 0.717) is 18.7 Å². The van der Waals surface area contributed by atoms with Gasteiger partial charge in [-0.3, -0.25) is 4.79 Å². The Morgan fingerprint density at radius 1 is 1.64 bits per heavy atom. The Bertz CT molecular complexity index is 344. The van der Waals surface area contributed by atoms with E-state index in [0.717, 1.165) is 0 Å². The maximum Gasteiger partial charge on any atom is 0.255 e. The van der Waals surface area contributed by atoms with Crippen LogP contribution in [0.1, 0.15) is 18.5 Å². The minimum absolute atomic E-state index is 0.0282. The van der Waals surface area contributed by atoms with Crippen LogP contribution in [0, 0.1) is 0 Å². The maximum atomic E-state index is 11.7. The predicted molar refractivity (Wildman–Crippen MR) is 55.2 cm³/mol. The molecule has 0 saturated heterocycles. The Morgan fingerprint density at radius 3 is 2.93 bits per heavy atom. The second kappa shape index (κ2) is 4.93. The Morgan fingerprint density at radius 2 is 2.36 bits per heavy atom. The van der Waals surface area contributed by atoms with Crippen LogP contribution in [0.4, 0.5) is 0 Å². The van der Waals surface area contributed by atoms with Crippen LogP contribution in [0.5, 0.6) is 0 Å². The Labute approximate surface area is 83.3 Å². The lowest BCUT2D eigenvalue weighted by Gasteiger charge is -2.09. The zero-order chi connectivity index (χ0) is 10.6. The van der Waals surface area contributed by atoms with Crippen molar-refractivity contribution in [3.8, 4) is 0 Å². The fourth-order valence-corrected chi connectivity index (χ4v) is 1.27. The minimum Gasteiger partial charge on any atom is -0.383 e. The molecule has 0 bridgehead atoms. The number of ether oxygens (including phenoxy) is 1. The number of methoxy groups -OCH3 is 1. The van der Waals surface area contributed by atoms with Gasteiger partial charge in [0.1, 0.15) is 0 Å². The molecule has 4 heteroatoms. The largest absolute Gasteiger partial charge is 0.383 e. The highest BCUT2D eigenvalue weighted by Gasteiger charge is 2.06. The zero-order valence-electron chi connectivity index (χ0n) is 8.56. The summed E-state index contributed by atoms with van der Waals surface area (Å²) in [6.07, 6.45) is 1.74. The standard InChI is InChI=1S/C10H16N2O2/c1-8(11)9-4-3-5-12(10(9)13)6-7-14-2/h3-5,8H,6-7,11H2,1-2H3. The van der Waals surface area contributed by atoms with E-state index in [9.17, 15) is 4.79 Å². The quantitative estimate of drug-likeness (QED) is 0.763. The molecule has 0 aliphatic carbocycles. The topological polar surface area (TPSA) is 57.2 Å². The lowest BCUT2D eigenvalue weighted by Crippen LogP contribution is -2.27. The van der Waals surface area contributed by atoms with Crippen molar-refractivity contribution >= 4 is 0 Å². The summed E-state index contributed by atoms with van der Waals surface area (Å²) >= 11 is 0. The van der Waals surface area contributed by atoms with Gasteiger partial charge < -0.3 is 15.0 Å². The van der Waals surface area contributed by atoms with Gasteiger partial charge in [0.15, 0.2) is 0 Å². The first-order valence-corrected chi connectivity index (χ1v) is 4.60. The normalized spacial score (nSPS) is 12.8. The van der Waals surface area contributed by atoms with E-state index in [1.54, 1.807) is 30.9 Å². The fourth-order valence-electron chi connectivity index (χ4n) is 1.27. The highest BCUT2D eigenvalue weighted by atomic mass is 16.5. The highest BCUT2D eigenvalue weighted by Crippen LogP contribution is 2.01. The van der Waals surface area contributed by atoms with Gasteiger partial charge in [0, 0.05) is 31.5 Å². The summed E-state index contributed by atoms with van der Waals surface area (Å²) in [7, 11) is 1.61. The number of hydrogen-bond acceptors (Lipinski definition) is 3. The fraction of sp³-hybridized carbons (Fsp3) is 0.500. The molecular formula is C10H16N2O2. The van der Waals surface area contributed by atoms with Crippen LogP contribution in [-0.4, -0.2) is 18.3 Å². The molecule has 4 nitrogen and oxygen atoms in total. The van der Waals surface area contributed by atoms with Crippen LogP contribution in [0.15, 0.2) is 23.1 Å². The van der Waals surface area contributed by atoms with E-state index in [-0.39, 0.29) is 11.6 Å². The highest BCUT2D eigenvalue weighted by molar-refractivity contribution is 5.13. The minimum atomic E-state index is -0.225. The number of hydrogen-bond donors (Lipinski definition) is 1. The van der Waals surface area contributed by atoms with E-state index < -0.39 is 0 Å². The molecule has 2 N–H and O–H groups in total. The smallest absolute Gasteiger partial charge is 0.255 e. The third-order valence-corrected chi connectivity index (χ3v) is 2.08. The summed E-state index contributed by atoms with van der Waals surface area (Å²) in [4.78, 5) is 11.7. The summed E-state index contributed by atoms with van der Waals surface area (Å²) in [6.45, 7) is 2.90. The van der Waals surface area contributed by atoms with Crippen molar-refractivity contribution in [2.24, 2.45) is 5.73 Å². The maximum absolute atomic E-state index is 11.7. The molecule has 0 amide bonds. The number of nitrogens with two attached hydrogens (primary N) is 1. The molecule has 0 aliphatic heterocycles. The third-order valence-electron chi connectivity index (χ3n) is 2.08. The molecular weight excluding hydrogens is 180 g/mol. The molecule has 1 heterocycles. The molecule has 1 atom stereocenters. The summed E-state index contributed by atoms with van der Waals surface area (Å²) in [5, 5.41) is 0. The molecule has 0 aromatic carbocycles. The number of pyridine rings is 1. The zero-order valence-corrected chi connectivity index (χ0v) is 8.56. The summed E-state index contributed by atoms with van der Waals surface area (Å²) in [6, 6.07) is 3.36. The second-order valence-electron chi connectivity index (χ2n) is 3.24. The molecule has 0 fully saturated rings. The van der Waals surface area contributed by atoms with E-state index in [2.05, 4.69) is 0 Å². The summed E-state index contributed by atoms with van der Waals surface area (Å²) in [5.74, 6) is 0. The van der Waals surface area contributed by atoms with Gasteiger partial charge in [0.25, 0.3) is 5.56 Å². The van der Waals surface area contributed by atoms with Gasteiger partial charge in [-0.2, -0.15) is 0 Å². The molecule has 0 spiro atoms. The number of rotatable bonds is 4. The van der Waals surface area contributed by atoms with Gasteiger partial charge in [-0.1, -0.05) is 6.07 Å². The van der Waals surface area contributed by atoms with Crippen molar-refractivity contribution in [3.05, 3.63) is 34.2 Å². The van der Waals surface area contributed by atoms with Gasteiger partial charge in [-0.05, 0) is 13.0 Å². The van der Waals surface area contributed by atoms with Gasteiger partial charge in [0.2, 0.25) is 0 Å². The number of aromatic nitrogens is 1. The van der Waals surface area contributed by atoms with Gasteiger partial charge in [-0.25, -0.2) is 0 Å². The van der Waals surface area contributed by atoms with E-state index in [4.69, 9.17) is 10.5 Å². The summed E-state index contributed by atoms with van der Waals surface area (Å²) < 4.78 is 6.52. The van der Waals surface area contributed by atoms with E-state index >= 15 is 0 Å². The van der Waals surface area contributed by atoms with Crippen LogP contribution in [-0.2, 0) is 11.3 Å². The molecule has 1 unspecified atom stereocenters. The average molecular weight is 196 g/mol. The molecule has 1 rings (SSSR count). The SMILES string of the molecule is COCCn1cccc(C(C)N)c1=O. The predicted octanol–water partition coefficient (Wildman–Crippen LogP) is 0.514. The van der Waals surface area contributed by atoms with Crippen molar-refractivity contribution in [1.82, 2.24) is 4.57 Å². The molecule has 1 aromatic rings. The molecule has 14 heavy (non-hydrogen) atoms. The first-order chi connectivity index (χ1) is 6.66. The van der Waals surface area contributed by atoms with Crippen molar-refractivity contribution < 1.29 is 4.74 Å². The van der Waals surface area contributed by atoms with Crippen molar-refractivity contribution in [1.29, 1.82) is 0 Å². The first-order valence-electron chi connectivity index (χ1n) is 4.60. The molecule has 1 aromatic heterocycles. The molecule has 0 radical (unpaired) electrons. The van der Waals surface area contributed by atoms with Crippen LogP contribution < -0.4 is 11.3 Å². The van der Waals surface area contributed by atoms with Crippen LogP contribution in [0.25, 0.3) is 0 Å². The van der Waals surface area contributed by atoms with E-state index in [1.807, 2.05) is 6.07 Å². The molecule has 0 saturated carbocycles. The van der Waals surface area contributed by atoms with Crippen molar-refractivity contribution in [2.75, 3.05) is 13.7 Å². The Hall–Kier alpha value is -1.13. The van der Waals surface area contributed by atoms with E-state index in [1.165, 1.54) is 0 Å². The van der Waals surface area contributed by atoms with Crippen LogP contribution in [0.2, 0.25) is 0 Å². The monoisotopic (exact) mass is 196 g/mol. The van der Waals surface area contributed by atoms with Gasteiger partial charge in [-0.15, -0.1) is 0 Å². The summed E-state index contributed by atoms with van der Waals surface area (Å²) in [5.41, 5.74) is 6.28. The molecule has 0 aliphatic rings. The van der Waals surface area contributed by atoms with Crippen molar-refractivity contribution in [3.63, 3.8) is 0 Å². The third kappa shape index (κ3) is 2.43. The Kier molecular flexibility index (Phi) is 3.85. The van der Waals surface area contributed by atoms with Crippen LogP contribution in [0.3, 0.4) is 0 Å². The number of nitrogens with zero attached hydrogens (tertiary/aromatic N) is 1.